The molecular formula is C17H22N2O4. The summed E-state index contributed by atoms with van der Waals surface area (Å²) in [7, 11) is 1.55. The molecule has 1 aromatic carbocycles. The Labute approximate surface area is 135 Å². The Balaban J connectivity index is 2.04. The molecule has 2 rings (SSSR count). The third kappa shape index (κ3) is 3.70. The molecule has 0 aromatic heterocycles. The minimum absolute atomic E-state index is 0.0997. The number of rotatable bonds is 5. The van der Waals surface area contributed by atoms with Crippen LogP contribution in [0.2, 0.25) is 0 Å². The Morgan fingerprint density at radius 3 is 2.52 bits per heavy atom. The van der Waals surface area contributed by atoms with Crippen LogP contribution in [0, 0.1) is 18.8 Å². The normalized spacial score (nSPS) is 18.8. The molecule has 6 heteroatoms. The van der Waals surface area contributed by atoms with Gasteiger partial charge in [-0.2, -0.15) is 0 Å². The molecule has 0 saturated carbocycles. The van der Waals surface area contributed by atoms with E-state index < -0.39 is 17.8 Å². The van der Waals surface area contributed by atoms with Crippen molar-refractivity contribution in [2.45, 2.75) is 20.3 Å². The average Bonchev–Trinajstić information content (AvgIpc) is 2.88. The van der Waals surface area contributed by atoms with Gasteiger partial charge in [-0.1, -0.05) is 24.6 Å². The molecule has 2 amide bonds. The van der Waals surface area contributed by atoms with Gasteiger partial charge in [-0.15, -0.1) is 0 Å². The minimum atomic E-state index is -0.955. The second kappa shape index (κ2) is 6.81. The number of hydrogen-bond acceptors (Lipinski definition) is 3. The van der Waals surface area contributed by atoms with Crippen molar-refractivity contribution < 1.29 is 19.5 Å². The first-order valence-electron chi connectivity index (χ1n) is 7.67. The van der Waals surface area contributed by atoms with Crippen molar-refractivity contribution in [3.63, 3.8) is 0 Å². The first-order chi connectivity index (χ1) is 10.8. The lowest BCUT2D eigenvalue weighted by atomic mass is 10.1. The van der Waals surface area contributed by atoms with Crippen LogP contribution in [0.1, 0.15) is 18.9 Å². The lowest BCUT2D eigenvalue weighted by Crippen LogP contribution is -2.40. The number of carbonyl (C=O) groups excluding carboxylic acids is 2. The maximum atomic E-state index is 12.5. The molecule has 23 heavy (non-hydrogen) atoms. The van der Waals surface area contributed by atoms with Gasteiger partial charge in [0, 0.05) is 25.8 Å². The third-order valence-electron chi connectivity index (χ3n) is 4.19. The van der Waals surface area contributed by atoms with Crippen LogP contribution < -0.4 is 4.90 Å². The number of carboxylic acids is 1. The van der Waals surface area contributed by atoms with E-state index in [1.807, 2.05) is 31.2 Å². The van der Waals surface area contributed by atoms with E-state index in [0.29, 0.717) is 13.0 Å². The van der Waals surface area contributed by atoms with E-state index >= 15 is 0 Å². The molecule has 0 bridgehead atoms. The van der Waals surface area contributed by atoms with E-state index in [9.17, 15) is 14.4 Å². The number of carbonyl (C=O) groups is 3. The van der Waals surface area contributed by atoms with Gasteiger partial charge in [0.1, 0.15) is 5.92 Å². The Hall–Kier alpha value is -2.37. The number of nitrogens with zero attached hydrogens (tertiary/aromatic N) is 2. The Morgan fingerprint density at radius 2 is 1.96 bits per heavy atom. The van der Waals surface area contributed by atoms with Crippen LogP contribution in [0.3, 0.4) is 0 Å². The summed E-state index contributed by atoms with van der Waals surface area (Å²) >= 11 is 0. The summed E-state index contributed by atoms with van der Waals surface area (Å²) < 4.78 is 0. The number of aryl methyl sites for hydroxylation is 1. The summed E-state index contributed by atoms with van der Waals surface area (Å²) in [4.78, 5) is 38.8. The Morgan fingerprint density at radius 1 is 1.35 bits per heavy atom. The number of carboxylic acid groups (broad SMARTS) is 1. The summed E-state index contributed by atoms with van der Waals surface area (Å²) in [6, 6.07) is 7.60. The topological polar surface area (TPSA) is 77.9 Å². The van der Waals surface area contributed by atoms with Gasteiger partial charge >= 0.3 is 5.97 Å². The largest absolute Gasteiger partial charge is 0.481 e. The number of aliphatic carboxylic acids is 1. The van der Waals surface area contributed by atoms with Crippen molar-refractivity contribution in [1.82, 2.24) is 4.90 Å². The molecule has 0 unspecified atom stereocenters. The van der Waals surface area contributed by atoms with E-state index in [2.05, 4.69) is 0 Å². The van der Waals surface area contributed by atoms with Crippen LogP contribution in [0.15, 0.2) is 24.3 Å². The summed E-state index contributed by atoms with van der Waals surface area (Å²) in [6.45, 7) is 4.12. The quantitative estimate of drug-likeness (QED) is 0.835. The van der Waals surface area contributed by atoms with Crippen LogP contribution in [0.5, 0.6) is 0 Å². The highest BCUT2D eigenvalue weighted by Gasteiger charge is 2.39. The molecule has 0 aliphatic carbocycles. The highest BCUT2D eigenvalue weighted by molar-refractivity contribution is 6.09. The van der Waals surface area contributed by atoms with Crippen molar-refractivity contribution >= 4 is 23.5 Å². The molecule has 1 fully saturated rings. The first kappa shape index (κ1) is 17.0. The molecule has 6 nitrogen and oxygen atoms in total. The van der Waals surface area contributed by atoms with Gasteiger partial charge in [-0.05, 0) is 25.5 Å². The molecule has 1 N–H and O–H groups in total. The van der Waals surface area contributed by atoms with Crippen LogP contribution in [-0.4, -0.2) is 47.9 Å². The van der Waals surface area contributed by atoms with Gasteiger partial charge in [0.15, 0.2) is 0 Å². The first-order valence-corrected chi connectivity index (χ1v) is 7.67. The van der Waals surface area contributed by atoms with E-state index in [-0.39, 0.29) is 18.4 Å². The molecule has 1 aliphatic rings. The fraction of sp³-hybridized carbons (Fsp3) is 0.471. The van der Waals surface area contributed by atoms with Crippen LogP contribution >= 0.6 is 0 Å². The van der Waals surface area contributed by atoms with E-state index in [1.165, 1.54) is 4.90 Å². The van der Waals surface area contributed by atoms with Gasteiger partial charge < -0.3 is 14.9 Å². The summed E-state index contributed by atoms with van der Waals surface area (Å²) in [6.07, 6.45) is 0.456. The smallest absolute Gasteiger partial charge is 0.308 e. The lowest BCUT2D eigenvalue weighted by Gasteiger charge is -2.22. The summed E-state index contributed by atoms with van der Waals surface area (Å²) in [5, 5.41) is 8.93. The predicted octanol–water partition coefficient (Wildman–Crippen LogP) is 1.53. The molecule has 1 heterocycles. The van der Waals surface area contributed by atoms with Crippen LogP contribution in [0.4, 0.5) is 5.69 Å². The van der Waals surface area contributed by atoms with Crippen molar-refractivity contribution in [3.05, 3.63) is 29.8 Å². The van der Waals surface area contributed by atoms with E-state index in [0.717, 1.165) is 11.3 Å². The highest BCUT2D eigenvalue weighted by Crippen LogP contribution is 2.26. The predicted molar refractivity (Wildman–Crippen MR) is 86.1 cm³/mol. The molecular weight excluding hydrogens is 296 g/mol. The number of anilines is 1. The molecule has 0 radical (unpaired) electrons. The average molecular weight is 318 g/mol. The molecule has 2 atom stereocenters. The van der Waals surface area contributed by atoms with Gasteiger partial charge in [0.2, 0.25) is 11.8 Å². The maximum absolute atomic E-state index is 12.5. The number of amides is 2. The molecule has 1 saturated heterocycles. The second-order valence-electron chi connectivity index (χ2n) is 6.12. The van der Waals surface area contributed by atoms with Gasteiger partial charge in [-0.25, -0.2) is 0 Å². The standard InChI is InChI=1S/C17H22N2O4/c1-11-4-6-13(7-5-11)19-9-8-14(16(19)21)15(20)18(3)10-12(2)17(22)23/h4-7,12,14H,8-10H2,1-3H3,(H,22,23)/t12-,14+/m0/s1. The second-order valence-corrected chi connectivity index (χ2v) is 6.12. The zero-order valence-electron chi connectivity index (χ0n) is 13.7. The zero-order chi connectivity index (χ0) is 17.1. The SMILES string of the molecule is Cc1ccc(N2CC[C@H](C(=O)N(C)C[C@H](C)C(=O)O)C2=O)cc1. The molecule has 1 aromatic rings. The Bertz CT molecular complexity index is 612. The zero-order valence-corrected chi connectivity index (χ0v) is 13.7. The van der Waals surface area contributed by atoms with E-state index in [1.54, 1.807) is 18.9 Å². The van der Waals surface area contributed by atoms with Gasteiger partial charge in [0.05, 0.1) is 5.92 Å². The van der Waals surface area contributed by atoms with Crippen LogP contribution in [-0.2, 0) is 14.4 Å². The van der Waals surface area contributed by atoms with Crippen LogP contribution in [0.25, 0.3) is 0 Å². The van der Waals surface area contributed by atoms with Crippen molar-refractivity contribution in [3.8, 4) is 0 Å². The van der Waals surface area contributed by atoms with E-state index in [4.69, 9.17) is 5.11 Å². The summed E-state index contributed by atoms with van der Waals surface area (Å²) in [5.41, 5.74) is 1.90. The fourth-order valence-corrected chi connectivity index (χ4v) is 2.74. The lowest BCUT2D eigenvalue weighted by molar-refractivity contribution is -0.143. The molecule has 124 valence electrons. The minimum Gasteiger partial charge on any atom is -0.481 e. The molecule has 0 spiro atoms. The maximum Gasteiger partial charge on any atom is 0.308 e. The monoisotopic (exact) mass is 318 g/mol. The van der Waals surface area contributed by atoms with Gasteiger partial charge in [-0.3, -0.25) is 14.4 Å². The summed E-state index contributed by atoms with van der Waals surface area (Å²) in [5.74, 6) is -2.86. The van der Waals surface area contributed by atoms with Crippen molar-refractivity contribution in [1.29, 1.82) is 0 Å². The van der Waals surface area contributed by atoms with Gasteiger partial charge in [0.25, 0.3) is 0 Å². The number of benzene rings is 1. The number of hydrogen-bond donors (Lipinski definition) is 1. The highest BCUT2D eigenvalue weighted by atomic mass is 16.4. The van der Waals surface area contributed by atoms with Crippen molar-refractivity contribution in [2.24, 2.45) is 11.8 Å². The Kier molecular flexibility index (Phi) is 5.03. The fourth-order valence-electron chi connectivity index (χ4n) is 2.74. The van der Waals surface area contributed by atoms with Crippen molar-refractivity contribution in [2.75, 3.05) is 25.0 Å². The third-order valence-corrected chi connectivity index (χ3v) is 4.19. The molecule has 1 aliphatic heterocycles.